The van der Waals surface area contributed by atoms with Crippen LogP contribution in [-0.4, -0.2) is 18.6 Å². The standard InChI is InChI=1S/C14H16N4/c1-18(8-6-12-3-2-7-17-12)14-9-11(10-15)4-5-13(14)16/h2-5,7,9,17H,6,8,16H2,1H3. The summed E-state index contributed by atoms with van der Waals surface area (Å²) in [6, 6.07) is 11.5. The number of hydrogen-bond acceptors (Lipinski definition) is 3. The second kappa shape index (κ2) is 5.28. The summed E-state index contributed by atoms with van der Waals surface area (Å²) < 4.78 is 0. The fraction of sp³-hybridized carbons (Fsp3) is 0.214. The zero-order valence-corrected chi connectivity index (χ0v) is 10.4. The van der Waals surface area contributed by atoms with Gasteiger partial charge in [0, 0.05) is 31.9 Å². The highest BCUT2D eigenvalue weighted by Gasteiger charge is 2.07. The molecule has 2 rings (SSSR count). The number of rotatable bonds is 4. The van der Waals surface area contributed by atoms with Crippen molar-refractivity contribution in [3.8, 4) is 6.07 Å². The molecule has 0 aliphatic rings. The molecular weight excluding hydrogens is 224 g/mol. The van der Waals surface area contributed by atoms with Crippen molar-refractivity contribution in [1.82, 2.24) is 4.98 Å². The minimum absolute atomic E-state index is 0.630. The number of aromatic nitrogens is 1. The minimum Gasteiger partial charge on any atom is -0.397 e. The van der Waals surface area contributed by atoms with Gasteiger partial charge in [-0.15, -0.1) is 0 Å². The second-order valence-corrected chi connectivity index (χ2v) is 4.25. The van der Waals surface area contributed by atoms with Gasteiger partial charge in [0.15, 0.2) is 0 Å². The van der Waals surface area contributed by atoms with Crippen LogP contribution in [-0.2, 0) is 6.42 Å². The molecule has 1 aromatic carbocycles. The first-order chi connectivity index (χ1) is 8.70. The van der Waals surface area contributed by atoms with Gasteiger partial charge in [-0.1, -0.05) is 0 Å². The topological polar surface area (TPSA) is 68.8 Å². The molecule has 4 nitrogen and oxygen atoms in total. The Bertz CT molecular complexity index is 552. The number of aromatic amines is 1. The first-order valence-electron chi connectivity index (χ1n) is 5.83. The Morgan fingerprint density at radius 2 is 2.22 bits per heavy atom. The summed E-state index contributed by atoms with van der Waals surface area (Å²) in [6.45, 7) is 0.847. The molecule has 0 spiro atoms. The molecule has 3 N–H and O–H groups in total. The average molecular weight is 240 g/mol. The van der Waals surface area contributed by atoms with E-state index in [4.69, 9.17) is 11.0 Å². The number of H-pyrrole nitrogens is 1. The zero-order chi connectivity index (χ0) is 13.0. The third-order valence-corrected chi connectivity index (χ3v) is 2.95. The molecule has 0 unspecified atom stereocenters. The third kappa shape index (κ3) is 2.64. The van der Waals surface area contributed by atoms with E-state index in [2.05, 4.69) is 22.0 Å². The Kier molecular flexibility index (Phi) is 3.54. The van der Waals surface area contributed by atoms with Crippen LogP contribution in [0.4, 0.5) is 11.4 Å². The quantitative estimate of drug-likeness (QED) is 0.804. The van der Waals surface area contributed by atoms with Crippen LogP contribution in [0.5, 0.6) is 0 Å². The summed E-state index contributed by atoms with van der Waals surface area (Å²) in [4.78, 5) is 5.24. The van der Waals surface area contributed by atoms with Crippen LogP contribution >= 0.6 is 0 Å². The highest BCUT2D eigenvalue weighted by molar-refractivity contribution is 5.69. The van der Waals surface area contributed by atoms with Gasteiger partial charge in [0.1, 0.15) is 0 Å². The summed E-state index contributed by atoms with van der Waals surface area (Å²) in [5.41, 5.74) is 9.36. The molecule has 2 aromatic rings. The normalized spacial score (nSPS) is 10.0. The highest BCUT2D eigenvalue weighted by Crippen LogP contribution is 2.23. The van der Waals surface area contributed by atoms with Crippen molar-refractivity contribution in [3.63, 3.8) is 0 Å². The van der Waals surface area contributed by atoms with Gasteiger partial charge >= 0.3 is 0 Å². The van der Waals surface area contributed by atoms with E-state index in [9.17, 15) is 0 Å². The lowest BCUT2D eigenvalue weighted by Crippen LogP contribution is -2.21. The van der Waals surface area contributed by atoms with E-state index in [0.717, 1.165) is 18.7 Å². The SMILES string of the molecule is CN(CCc1ccc[nH]1)c1cc(C#N)ccc1N. The van der Waals surface area contributed by atoms with Crippen LogP contribution in [0, 0.1) is 11.3 Å². The predicted octanol–water partition coefficient (Wildman–Crippen LogP) is 2.15. The number of benzene rings is 1. The number of hydrogen-bond donors (Lipinski definition) is 2. The Morgan fingerprint density at radius 1 is 1.39 bits per heavy atom. The van der Waals surface area contributed by atoms with E-state index >= 15 is 0 Å². The van der Waals surface area contributed by atoms with Crippen LogP contribution in [0.15, 0.2) is 36.5 Å². The average Bonchev–Trinajstić information content (AvgIpc) is 2.89. The maximum absolute atomic E-state index is 8.90. The first kappa shape index (κ1) is 12.1. The maximum Gasteiger partial charge on any atom is 0.0992 e. The lowest BCUT2D eigenvalue weighted by molar-refractivity contribution is 0.859. The second-order valence-electron chi connectivity index (χ2n) is 4.25. The number of likely N-dealkylation sites (N-methyl/N-ethyl adjacent to an activating group) is 1. The highest BCUT2D eigenvalue weighted by atomic mass is 15.1. The Labute approximate surface area is 107 Å². The number of nitrogens with one attached hydrogen (secondary N) is 1. The van der Waals surface area contributed by atoms with Crippen LogP contribution in [0.2, 0.25) is 0 Å². The Hall–Kier alpha value is -2.41. The fourth-order valence-corrected chi connectivity index (χ4v) is 1.88. The van der Waals surface area contributed by atoms with Crippen LogP contribution < -0.4 is 10.6 Å². The van der Waals surface area contributed by atoms with Crippen LogP contribution in [0.3, 0.4) is 0 Å². The van der Waals surface area contributed by atoms with E-state index in [0.29, 0.717) is 11.3 Å². The van der Waals surface area contributed by atoms with E-state index < -0.39 is 0 Å². The van der Waals surface area contributed by atoms with Crippen LogP contribution in [0.25, 0.3) is 0 Å². The van der Waals surface area contributed by atoms with Gasteiger partial charge in [0.05, 0.1) is 23.0 Å². The minimum atomic E-state index is 0.630. The molecule has 0 aliphatic carbocycles. The lowest BCUT2D eigenvalue weighted by Gasteiger charge is -2.21. The molecule has 0 bridgehead atoms. The molecule has 0 amide bonds. The summed E-state index contributed by atoms with van der Waals surface area (Å²) in [6.07, 6.45) is 2.83. The van der Waals surface area contributed by atoms with Gasteiger partial charge in [-0.2, -0.15) is 5.26 Å². The van der Waals surface area contributed by atoms with E-state index in [-0.39, 0.29) is 0 Å². The zero-order valence-electron chi connectivity index (χ0n) is 10.4. The van der Waals surface area contributed by atoms with Gasteiger partial charge in [0.25, 0.3) is 0 Å². The summed E-state index contributed by atoms with van der Waals surface area (Å²) in [5.74, 6) is 0. The number of anilines is 2. The van der Waals surface area contributed by atoms with Crippen molar-refractivity contribution in [2.45, 2.75) is 6.42 Å². The van der Waals surface area contributed by atoms with Crippen molar-refractivity contribution in [1.29, 1.82) is 5.26 Å². The van der Waals surface area contributed by atoms with Gasteiger partial charge in [-0.05, 0) is 30.3 Å². The van der Waals surface area contributed by atoms with E-state index in [1.54, 1.807) is 12.1 Å². The fourth-order valence-electron chi connectivity index (χ4n) is 1.88. The molecule has 0 radical (unpaired) electrons. The van der Waals surface area contributed by atoms with Gasteiger partial charge in [-0.3, -0.25) is 0 Å². The summed E-state index contributed by atoms with van der Waals surface area (Å²) >= 11 is 0. The van der Waals surface area contributed by atoms with Crippen molar-refractivity contribution >= 4 is 11.4 Å². The molecule has 92 valence electrons. The first-order valence-corrected chi connectivity index (χ1v) is 5.83. The van der Waals surface area contributed by atoms with E-state index in [1.807, 2.05) is 25.4 Å². The number of nitrogens with zero attached hydrogens (tertiary/aromatic N) is 2. The van der Waals surface area contributed by atoms with Crippen molar-refractivity contribution < 1.29 is 0 Å². The van der Waals surface area contributed by atoms with Gasteiger partial charge < -0.3 is 15.6 Å². The predicted molar refractivity (Wildman–Crippen MR) is 73.3 cm³/mol. The number of nitrogens with two attached hydrogens (primary N) is 1. The number of nitrogen functional groups attached to an aromatic ring is 1. The van der Waals surface area contributed by atoms with Gasteiger partial charge in [0.2, 0.25) is 0 Å². The molecule has 0 atom stereocenters. The van der Waals surface area contributed by atoms with Crippen LogP contribution in [0.1, 0.15) is 11.3 Å². The molecule has 0 saturated heterocycles. The van der Waals surface area contributed by atoms with Gasteiger partial charge in [-0.25, -0.2) is 0 Å². The molecular formula is C14H16N4. The summed E-state index contributed by atoms with van der Waals surface area (Å²) in [5, 5.41) is 8.90. The van der Waals surface area contributed by atoms with Crippen molar-refractivity contribution in [3.05, 3.63) is 47.8 Å². The molecule has 0 fully saturated rings. The monoisotopic (exact) mass is 240 g/mol. The molecule has 0 aliphatic heterocycles. The van der Waals surface area contributed by atoms with Crippen molar-refractivity contribution in [2.75, 3.05) is 24.2 Å². The van der Waals surface area contributed by atoms with E-state index in [1.165, 1.54) is 5.69 Å². The number of nitriles is 1. The largest absolute Gasteiger partial charge is 0.397 e. The molecule has 1 aromatic heterocycles. The lowest BCUT2D eigenvalue weighted by atomic mass is 10.1. The molecule has 4 heteroatoms. The molecule has 0 saturated carbocycles. The summed E-state index contributed by atoms with van der Waals surface area (Å²) in [7, 11) is 1.98. The molecule has 1 heterocycles. The third-order valence-electron chi connectivity index (χ3n) is 2.95. The maximum atomic E-state index is 8.90. The Morgan fingerprint density at radius 3 is 2.89 bits per heavy atom. The van der Waals surface area contributed by atoms with Crippen molar-refractivity contribution in [2.24, 2.45) is 0 Å². The Balaban J connectivity index is 2.08. The smallest absolute Gasteiger partial charge is 0.0992 e. The molecule has 18 heavy (non-hydrogen) atoms.